The SMILES string of the molecule is COCCNC(=O)c1cc(-c2ccc(OC(F)(F)F)cc2)nn(-c2cnn(C)c2)c1=O. The van der Waals surface area contributed by atoms with Crippen molar-refractivity contribution in [3.63, 3.8) is 0 Å². The zero-order chi connectivity index (χ0) is 22.6. The number of benzene rings is 1. The van der Waals surface area contributed by atoms with E-state index >= 15 is 0 Å². The Morgan fingerprint density at radius 1 is 1.23 bits per heavy atom. The van der Waals surface area contributed by atoms with Gasteiger partial charge in [0.25, 0.3) is 11.5 Å². The molecule has 0 saturated carbocycles. The molecular formula is C19H18F3N5O4. The molecule has 0 unspecified atom stereocenters. The molecule has 164 valence electrons. The number of hydrogen-bond donors (Lipinski definition) is 1. The van der Waals surface area contributed by atoms with Crippen LogP contribution in [0.2, 0.25) is 0 Å². The number of aromatic nitrogens is 4. The van der Waals surface area contributed by atoms with E-state index in [0.29, 0.717) is 11.3 Å². The highest BCUT2D eigenvalue weighted by Crippen LogP contribution is 2.26. The molecule has 0 atom stereocenters. The number of aryl methyl sites for hydroxylation is 1. The zero-order valence-electron chi connectivity index (χ0n) is 16.5. The van der Waals surface area contributed by atoms with Gasteiger partial charge in [0.1, 0.15) is 17.0 Å². The molecule has 31 heavy (non-hydrogen) atoms. The second-order valence-corrected chi connectivity index (χ2v) is 6.35. The molecular weight excluding hydrogens is 419 g/mol. The Balaban J connectivity index is 2.04. The van der Waals surface area contributed by atoms with Crippen molar-refractivity contribution >= 4 is 5.91 Å². The van der Waals surface area contributed by atoms with Crippen LogP contribution in [0.4, 0.5) is 13.2 Å². The first kappa shape index (κ1) is 22.0. The number of rotatable bonds is 7. The van der Waals surface area contributed by atoms with Gasteiger partial charge in [-0.1, -0.05) is 0 Å². The predicted molar refractivity (Wildman–Crippen MR) is 103 cm³/mol. The fourth-order valence-corrected chi connectivity index (χ4v) is 2.68. The van der Waals surface area contributed by atoms with E-state index < -0.39 is 23.6 Å². The van der Waals surface area contributed by atoms with Gasteiger partial charge < -0.3 is 14.8 Å². The third-order valence-corrected chi connectivity index (χ3v) is 4.07. The highest BCUT2D eigenvalue weighted by molar-refractivity contribution is 5.94. The van der Waals surface area contributed by atoms with E-state index in [2.05, 4.69) is 20.3 Å². The van der Waals surface area contributed by atoms with Crippen LogP contribution >= 0.6 is 0 Å². The summed E-state index contributed by atoms with van der Waals surface area (Å²) in [6.45, 7) is 0.434. The van der Waals surface area contributed by atoms with Crippen molar-refractivity contribution in [3.8, 4) is 22.7 Å². The lowest BCUT2D eigenvalue weighted by Gasteiger charge is -2.11. The number of methoxy groups -OCH3 is 1. The molecule has 1 N–H and O–H groups in total. The Bertz CT molecular complexity index is 1120. The normalized spacial score (nSPS) is 11.4. The fourth-order valence-electron chi connectivity index (χ4n) is 2.68. The summed E-state index contributed by atoms with van der Waals surface area (Å²) in [7, 11) is 3.12. The van der Waals surface area contributed by atoms with E-state index in [1.165, 1.54) is 42.4 Å². The summed E-state index contributed by atoms with van der Waals surface area (Å²) in [6, 6.07) is 6.18. The smallest absolute Gasteiger partial charge is 0.406 e. The minimum Gasteiger partial charge on any atom is -0.406 e. The Morgan fingerprint density at radius 3 is 2.52 bits per heavy atom. The van der Waals surface area contributed by atoms with Crippen LogP contribution < -0.4 is 15.6 Å². The topological polar surface area (TPSA) is 100 Å². The molecule has 12 heteroatoms. The van der Waals surface area contributed by atoms with Crippen LogP contribution in [0.15, 0.2) is 47.5 Å². The lowest BCUT2D eigenvalue weighted by atomic mass is 10.1. The number of carbonyl (C=O) groups excluding carboxylic acids is 1. The maximum atomic E-state index is 12.9. The maximum absolute atomic E-state index is 12.9. The number of carbonyl (C=O) groups is 1. The van der Waals surface area contributed by atoms with Crippen molar-refractivity contribution in [3.05, 3.63) is 58.6 Å². The molecule has 0 bridgehead atoms. The van der Waals surface area contributed by atoms with Gasteiger partial charge in [0.15, 0.2) is 0 Å². The molecule has 0 aliphatic heterocycles. The second kappa shape index (κ2) is 9.00. The molecule has 2 aromatic heterocycles. The highest BCUT2D eigenvalue weighted by atomic mass is 19.4. The van der Waals surface area contributed by atoms with E-state index in [0.717, 1.165) is 16.8 Å². The van der Waals surface area contributed by atoms with Crippen LogP contribution in [0.25, 0.3) is 16.9 Å². The van der Waals surface area contributed by atoms with E-state index in [1.807, 2.05) is 0 Å². The first-order valence-corrected chi connectivity index (χ1v) is 8.94. The van der Waals surface area contributed by atoms with Crippen LogP contribution in [-0.2, 0) is 11.8 Å². The van der Waals surface area contributed by atoms with E-state index in [-0.39, 0.29) is 24.4 Å². The number of ether oxygens (including phenoxy) is 2. The van der Waals surface area contributed by atoms with Gasteiger partial charge in [-0.15, -0.1) is 13.2 Å². The van der Waals surface area contributed by atoms with E-state index in [4.69, 9.17) is 4.74 Å². The van der Waals surface area contributed by atoms with Gasteiger partial charge in [0.05, 0.1) is 24.7 Å². The molecule has 0 radical (unpaired) electrons. The largest absolute Gasteiger partial charge is 0.573 e. The lowest BCUT2D eigenvalue weighted by molar-refractivity contribution is -0.274. The van der Waals surface area contributed by atoms with Crippen LogP contribution in [0.3, 0.4) is 0 Å². The van der Waals surface area contributed by atoms with Gasteiger partial charge >= 0.3 is 6.36 Å². The van der Waals surface area contributed by atoms with Gasteiger partial charge in [-0.25, -0.2) is 0 Å². The first-order chi connectivity index (χ1) is 14.7. The van der Waals surface area contributed by atoms with Crippen LogP contribution in [0.5, 0.6) is 5.75 Å². The molecule has 1 amide bonds. The van der Waals surface area contributed by atoms with E-state index in [9.17, 15) is 22.8 Å². The molecule has 0 aliphatic carbocycles. The van der Waals surface area contributed by atoms with Crippen molar-refractivity contribution in [1.29, 1.82) is 0 Å². The zero-order valence-corrected chi connectivity index (χ0v) is 16.5. The number of alkyl halides is 3. The summed E-state index contributed by atoms with van der Waals surface area (Å²) in [4.78, 5) is 25.4. The molecule has 9 nitrogen and oxygen atoms in total. The molecule has 1 aromatic carbocycles. The van der Waals surface area contributed by atoms with Gasteiger partial charge in [-0.3, -0.25) is 14.3 Å². The lowest BCUT2D eigenvalue weighted by Crippen LogP contribution is -2.35. The van der Waals surface area contributed by atoms with Crippen molar-refractivity contribution in [2.75, 3.05) is 20.3 Å². The minimum absolute atomic E-state index is 0.183. The molecule has 0 spiro atoms. The summed E-state index contributed by atoms with van der Waals surface area (Å²) in [5.74, 6) is -1.05. The number of hydrogen-bond acceptors (Lipinski definition) is 6. The Kier molecular flexibility index (Phi) is 6.39. The molecule has 0 aliphatic rings. The Labute approximate surface area is 174 Å². The molecule has 0 fully saturated rings. The quantitative estimate of drug-likeness (QED) is 0.567. The highest BCUT2D eigenvalue weighted by Gasteiger charge is 2.31. The average Bonchev–Trinajstić information content (AvgIpc) is 3.14. The standard InChI is InChI=1S/C19H18F3N5O4/c1-26-11-13(10-24-26)27-18(29)15(17(28)23-7-8-30-2)9-16(25-27)12-3-5-14(6-4-12)31-19(20,21)22/h3-6,9-11H,7-8H2,1-2H3,(H,23,28). The summed E-state index contributed by atoms with van der Waals surface area (Å²) in [5.41, 5.74) is 0.0126. The van der Waals surface area contributed by atoms with Gasteiger partial charge in [0, 0.05) is 26.3 Å². The summed E-state index contributed by atoms with van der Waals surface area (Å²) in [5, 5.41) is 10.8. The first-order valence-electron chi connectivity index (χ1n) is 8.94. The maximum Gasteiger partial charge on any atom is 0.573 e. The number of amides is 1. The van der Waals surface area contributed by atoms with Gasteiger partial charge in [0.2, 0.25) is 0 Å². The molecule has 2 heterocycles. The average molecular weight is 437 g/mol. The number of nitrogens with one attached hydrogen (secondary N) is 1. The Hall–Kier alpha value is -3.67. The second-order valence-electron chi connectivity index (χ2n) is 6.35. The van der Waals surface area contributed by atoms with Gasteiger partial charge in [-0.2, -0.15) is 14.9 Å². The number of nitrogens with zero attached hydrogens (tertiary/aromatic N) is 4. The van der Waals surface area contributed by atoms with Crippen LogP contribution in [0.1, 0.15) is 10.4 Å². The van der Waals surface area contributed by atoms with Crippen molar-refractivity contribution in [2.24, 2.45) is 7.05 Å². The monoisotopic (exact) mass is 437 g/mol. The fraction of sp³-hybridized carbons (Fsp3) is 0.263. The third-order valence-electron chi connectivity index (χ3n) is 4.07. The predicted octanol–water partition coefficient (Wildman–Crippen LogP) is 1.91. The van der Waals surface area contributed by atoms with Crippen LogP contribution in [0, 0.1) is 0 Å². The summed E-state index contributed by atoms with van der Waals surface area (Å²) in [6.07, 6.45) is -1.89. The minimum atomic E-state index is -4.82. The molecule has 3 rings (SSSR count). The summed E-state index contributed by atoms with van der Waals surface area (Å²) >= 11 is 0. The van der Waals surface area contributed by atoms with Crippen LogP contribution in [-0.4, -0.2) is 52.1 Å². The summed E-state index contributed by atoms with van der Waals surface area (Å²) < 4.78 is 48.4. The molecule has 0 saturated heterocycles. The molecule has 3 aromatic rings. The van der Waals surface area contributed by atoms with E-state index in [1.54, 1.807) is 7.05 Å². The van der Waals surface area contributed by atoms with Crippen molar-refractivity contribution in [2.45, 2.75) is 6.36 Å². The van der Waals surface area contributed by atoms with Crippen molar-refractivity contribution in [1.82, 2.24) is 24.9 Å². The number of halogens is 3. The van der Waals surface area contributed by atoms with Crippen molar-refractivity contribution < 1.29 is 27.4 Å². The van der Waals surface area contributed by atoms with Gasteiger partial charge in [-0.05, 0) is 30.3 Å². The Morgan fingerprint density at radius 2 is 1.94 bits per heavy atom. The third kappa shape index (κ3) is 5.48.